The molecule has 0 aliphatic carbocycles. The molecule has 18 heavy (non-hydrogen) atoms. The molecule has 3 nitrogen and oxygen atoms in total. The number of carbonyl (C=O) groups excluding carboxylic acids is 1. The van der Waals surface area contributed by atoms with Crippen LogP contribution in [0.1, 0.15) is 35.5 Å². The van der Waals surface area contributed by atoms with Gasteiger partial charge in [0.05, 0.1) is 11.1 Å². The number of alkyl halides is 3. The Morgan fingerprint density at radius 1 is 1.33 bits per heavy atom. The van der Waals surface area contributed by atoms with Gasteiger partial charge >= 0.3 is 6.18 Å². The van der Waals surface area contributed by atoms with Crippen LogP contribution in [0.5, 0.6) is 0 Å². The number of aromatic nitrogens is 1. The van der Waals surface area contributed by atoms with Crippen LogP contribution in [0, 0.1) is 6.92 Å². The molecule has 0 aliphatic heterocycles. The SMILES string of the molecule is CCN(CC)C(=O)c1cnc(C)cc1C(F)(F)F. The smallest absolute Gasteiger partial charge is 0.339 e. The maximum absolute atomic E-state index is 12.9. The van der Waals surface area contributed by atoms with E-state index in [-0.39, 0.29) is 5.69 Å². The lowest BCUT2D eigenvalue weighted by Gasteiger charge is -2.21. The van der Waals surface area contributed by atoms with Crippen molar-refractivity contribution >= 4 is 5.91 Å². The topological polar surface area (TPSA) is 33.2 Å². The largest absolute Gasteiger partial charge is 0.417 e. The molecule has 0 spiro atoms. The number of aryl methyl sites for hydroxylation is 1. The van der Waals surface area contributed by atoms with Crippen molar-refractivity contribution in [3.05, 3.63) is 29.1 Å². The summed E-state index contributed by atoms with van der Waals surface area (Å²) in [6, 6.07) is 0.900. The van der Waals surface area contributed by atoms with Gasteiger partial charge in [-0.2, -0.15) is 13.2 Å². The summed E-state index contributed by atoms with van der Waals surface area (Å²) in [4.78, 5) is 17.1. The predicted molar refractivity (Wildman–Crippen MR) is 61.2 cm³/mol. The Hall–Kier alpha value is -1.59. The molecular weight excluding hydrogens is 245 g/mol. The van der Waals surface area contributed by atoms with Crippen molar-refractivity contribution in [3.63, 3.8) is 0 Å². The van der Waals surface area contributed by atoms with Gasteiger partial charge in [-0.15, -0.1) is 0 Å². The van der Waals surface area contributed by atoms with E-state index in [2.05, 4.69) is 4.98 Å². The van der Waals surface area contributed by atoms with Gasteiger partial charge in [0.1, 0.15) is 0 Å². The molecule has 0 N–H and O–H groups in total. The third-order valence-corrected chi connectivity index (χ3v) is 2.63. The van der Waals surface area contributed by atoms with Crippen molar-refractivity contribution in [3.8, 4) is 0 Å². The van der Waals surface area contributed by atoms with E-state index in [9.17, 15) is 18.0 Å². The van der Waals surface area contributed by atoms with Crippen LogP contribution in [0.2, 0.25) is 0 Å². The zero-order valence-corrected chi connectivity index (χ0v) is 10.5. The van der Waals surface area contributed by atoms with Crippen LogP contribution < -0.4 is 0 Å². The van der Waals surface area contributed by atoms with Crippen LogP contribution in [0.3, 0.4) is 0 Å². The van der Waals surface area contributed by atoms with Crippen LogP contribution >= 0.6 is 0 Å². The first-order valence-corrected chi connectivity index (χ1v) is 5.64. The maximum Gasteiger partial charge on any atom is 0.417 e. The van der Waals surface area contributed by atoms with Crippen molar-refractivity contribution < 1.29 is 18.0 Å². The molecule has 1 amide bonds. The van der Waals surface area contributed by atoms with E-state index >= 15 is 0 Å². The highest BCUT2D eigenvalue weighted by Gasteiger charge is 2.36. The summed E-state index contributed by atoms with van der Waals surface area (Å²) in [6.45, 7) is 5.62. The van der Waals surface area contributed by atoms with Gasteiger partial charge in [0.2, 0.25) is 0 Å². The Morgan fingerprint density at radius 2 is 1.89 bits per heavy atom. The molecule has 0 unspecified atom stereocenters. The number of rotatable bonds is 3. The number of carbonyl (C=O) groups is 1. The van der Waals surface area contributed by atoms with Crippen molar-refractivity contribution in [2.75, 3.05) is 13.1 Å². The van der Waals surface area contributed by atoms with Crippen molar-refractivity contribution in [1.29, 1.82) is 0 Å². The molecule has 0 fully saturated rings. The summed E-state index contributed by atoms with van der Waals surface area (Å²) in [5.41, 5.74) is -1.08. The maximum atomic E-state index is 12.9. The number of hydrogen-bond donors (Lipinski definition) is 0. The average Bonchev–Trinajstić information content (AvgIpc) is 2.29. The van der Waals surface area contributed by atoms with Gasteiger partial charge in [0, 0.05) is 25.0 Å². The Bertz CT molecular complexity index is 439. The minimum Gasteiger partial charge on any atom is -0.339 e. The lowest BCUT2D eigenvalue weighted by atomic mass is 10.1. The van der Waals surface area contributed by atoms with Crippen molar-refractivity contribution in [1.82, 2.24) is 9.88 Å². The number of nitrogens with zero attached hydrogens (tertiary/aromatic N) is 2. The second-order valence-electron chi connectivity index (χ2n) is 3.85. The van der Waals surface area contributed by atoms with Crippen molar-refractivity contribution in [2.24, 2.45) is 0 Å². The highest BCUT2D eigenvalue weighted by atomic mass is 19.4. The molecule has 0 radical (unpaired) electrons. The molecule has 1 heterocycles. The molecule has 0 atom stereocenters. The van der Waals surface area contributed by atoms with Crippen LogP contribution in [0.25, 0.3) is 0 Å². The van der Waals surface area contributed by atoms with E-state index in [1.54, 1.807) is 13.8 Å². The molecule has 1 rings (SSSR count). The van der Waals surface area contributed by atoms with Gasteiger partial charge in [0.15, 0.2) is 0 Å². The van der Waals surface area contributed by atoms with E-state index in [1.807, 2.05) is 0 Å². The summed E-state index contributed by atoms with van der Waals surface area (Å²) < 4.78 is 38.6. The fourth-order valence-corrected chi connectivity index (χ4v) is 1.65. The molecule has 0 aromatic carbocycles. The normalized spacial score (nSPS) is 11.4. The number of pyridine rings is 1. The number of amides is 1. The van der Waals surface area contributed by atoms with Gasteiger partial charge in [-0.25, -0.2) is 0 Å². The van der Waals surface area contributed by atoms with Crippen molar-refractivity contribution in [2.45, 2.75) is 26.9 Å². The molecular formula is C12H15F3N2O. The molecule has 0 saturated heterocycles. The number of halogens is 3. The van der Waals surface area contributed by atoms with Gasteiger partial charge < -0.3 is 4.90 Å². The third kappa shape index (κ3) is 3.00. The van der Waals surface area contributed by atoms with E-state index < -0.39 is 23.2 Å². The Morgan fingerprint density at radius 3 is 2.33 bits per heavy atom. The fraction of sp³-hybridized carbons (Fsp3) is 0.500. The molecule has 0 saturated carbocycles. The zero-order valence-electron chi connectivity index (χ0n) is 10.5. The zero-order chi connectivity index (χ0) is 13.9. The van der Waals surface area contributed by atoms with Crippen LogP contribution in [0.4, 0.5) is 13.2 Å². The first-order valence-electron chi connectivity index (χ1n) is 5.64. The molecule has 100 valence electrons. The fourth-order valence-electron chi connectivity index (χ4n) is 1.65. The van der Waals surface area contributed by atoms with Crippen LogP contribution in [-0.2, 0) is 6.18 Å². The molecule has 1 aromatic rings. The molecule has 6 heteroatoms. The second-order valence-corrected chi connectivity index (χ2v) is 3.85. The summed E-state index contributed by atoms with van der Waals surface area (Å²) >= 11 is 0. The predicted octanol–water partition coefficient (Wildman–Crippen LogP) is 2.89. The second kappa shape index (κ2) is 5.37. The van der Waals surface area contributed by atoms with Gasteiger partial charge in [-0.1, -0.05) is 0 Å². The molecule has 0 bridgehead atoms. The average molecular weight is 260 g/mol. The highest BCUT2D eigenvalue weighted by Crippen LogP contribution is 2.32. The minimum atomic E-state index is -4.55. The lowest BCUT2D eigenvalue weighted by Crippen LogP contribution is -2.32. The van der Waals surface area contributed by atoms with Gasteiger partial charge in [0.25, 0.3) is 5.91 Å². The molecule has 1 aromatic heterocycles. The van der Waals surface area contributed by atoms with Gasteiger partial charge in [-0.3, -0.25) is 9.78 Å². The van der Waals surface area contributed by atoms with E-state index in [1.165, 1.54) is 11.8 Å². The Labute approximate surface area is 104 Å². The van der Waals surface area contributed by atoms with E-state index in [0.29, 0.717) is 13.1 Å². The quantitative estimate of drug-likeness (QED) is 0.837. The Balaban J connectivity index is 3.28. The summed E-state index contributed by atoms with van der Waals surface area (Å²) in [5, 5.41) is 0. The van der Waals surface area contributed by atoms with E-state index in [4.69, 9.17) is 0 Å². The monoisotopic (exact) mass is 260 g/mol. The third-order valence-electron chi connectivity index (χ3n) is 2.63. The Kier molecular flexibility index (Phi) is 4.32. The molecule has 0 aliphatic rings. The van der Waals surface area contributed by atoms with Crippen LogP contribution in [0.15, 0.2) is 12.3 Å². The first-order chi connectivity index (χ1) is 8.31. The lowest BCUT2D eigenvalue weighted by molar-refractivity contribution is -0.138. The first kappa shape index (κ1) is 14.5. The minimum absolute atomic E-state index is 0.235. The summed E-state index contributed by atoms with van der Waals surface area (Å²) in [7, 11) is 0. The number of hydrogen-bond acceptors (Lipinski definition) is 2. The summed E-state index contributed by atoms with van der Waals surface area (Å²) in [5.74, 6) is -0.639. The van der Waals surface area contributed by atoms with Gasteiger partial charge in [-0.05, 0) is 26.8 Å². The highest BCUT2D eigenvalue weighted by molar-refractivity contribution is 5.95. The standard InChI is InChI=1S/C12H15F3N2O/c1-4-17(5-2)11(18)9-7-16-8(3)6-10(9)12(13,14)15/h6-7H,4-5H2,1-3H3. The van der Waals surface area contributed by atoms with Crippen LogP contribution in [-0.4, -0.2) is 28.9 Å². The van der Waals surface area contributed by atoms with E-state index in [0.717, 1.165) is 12.3 Å². The summed E-state index contributed by atoms with van der Waals surface area (Å²) in [6.07, 6.45) is -3.55.